The predicted octanol–water partition coefficient (Wildman–Crippen LogP) is 15.0. The third-order valence-electron chi connectivity index (χ3n) is 14.9. The third-order valence-corrected chi connectivity index (χ3v) is 14.9. The summed E-state index contributed by atoms with van der Waals surface area (Å²) in [6, 6.07) is 84.2. The van der Waals surface area contributed by atoms with Gasteiger partial charge in [0.25, 0.3) is 0 Å². The van der Waals surface area contributed by atoms with Crippen molar-refractivity contribution in [2.24, 2.45) is 0 Å². The molecule has 67 heavy (non-hydrogen) atoms. The minimum Gasteiger partial charge on any atom is -0.208 e. The van der Waals surface area contributed by atoms with Gasteiger partial charge in [-0.2, -0.15) is 0 Å². The van der Waals surface area contributed by atoms with Crippen molar-refractivity contribution in [3.8, 4) is 78.7 Å². The molecule has 10 aromatic rings. The number of rotatable bonds is 3. The van der Waals surface area contributed by atoms with Crippen LogP contribution in [0.4, 0.5) is 0 Å². The molecule has 0 saturated carbocycles. The molecule has 14 rings (SSSR count). The molecule has 3 heteroatoms. The highest BCUT2D eigenvalue weighted by atomic mass is 15.0. The topological polar surface area (TPSA) is 38.7 Å². The van der Waals surface area contributed by atoms with Crippen LogP contribution >= 0.6 is 0 Å². The second-order valence-electron chi connectivity index (χ2n) is 18.2. The second-order valence-corrected chi connectivity index (χ2v) is 18.2. The van der Waals surface area contributed by atoms with Crippen LogP contribution in [0.1, 0.15) is 50.1 Å². The van der Waals surface area contributed by atoms with Crippen molar-refractivity contribution in [2.75, 3.05) is 0 Å². The Bertz CT molecular complexity index is 3460. The Morgan fingerprint density at radius 1 is 0.239 bits per heavy atom. The van der Waals surface area contributed by atoms with E-state index in [1.165, 1.54) is 89.0 Å². The van der Waals surface area contributed by atoms with Crippen LogP contribution in [0.5, 0.6) is 0 Å². The number of fused-ring (bicyclic) bond motifs is 20. The highest BCUT2D eigenvalue weighted by Crippen LogP contribution is 2.64. The standard InChI is InChI=1S/C64H41N3/c1-40-18-3-2-4-20-41(21-17-19-40)60-65-61(42-34-36-50-48-26-9-15-32-56(48)63(58(50)38-42)52-28-11-5-22-44(52)45-23-6-12-29-53(45)63)67-62(66-60)43-35-37-51-49-27-10-16-33-57(49)64(59(51)39-43)54-30-13-7-24-46(54)47-25-8-14-31-55(47)64/h2-39H,1H3. The summed E-state index contributed by atoms with van der Waals surface area (Å²) in [5.74, 6) is 1.87. The predicted molar refractivity (Wildman–Crippen MR) is 271 cm³/mol. The van der Waals surface area contributed by atoms with Crippen molar-refractivity contribution < 1.29 is 0 Å². The maximum atomic E-state index is 5.50. The van der Waals surface area contributed by atoms with E-state index in [1.54, 1.807) is 0 Å². The lowest BCUT2D eigenvalue weighted by atomic mass is 9.70. The summed E-state index contributed by atoms with van der Waals surface area (Å²) in [5.41, 5.74) is 23.4. The number of aromatic nitrogens is 3. The summed E-state index contributed by atoms with van der Waals surface area (Å²) in [6.07, 6.45) is 0. The smallest absolute Gasteiger partial charge is 0.164 e. The van der Waals surface area contributed by atoms with E-state index in [1.807, 2.05) is 0 Å². The lowest BCUT2D eigenvalue weighted by molar-refractivity contribution is 0.793. The molecular formula is C64H41N3. The zero-order valence-corrected chi connectivity index (χ0v) is 36.8. The second kappa shape index (κ2) is 14.2. The highest BCUT2D eigenvalue weighted by Gasteiger charge is 2.53. The molecule has 0 aliphatic heterocycles. The maximum Gasteiger partial charge on any atom is 0.164 e. The first-order chi connectivity index (χ1) is 33.1. The number of aryl methyl sites for hydroxylation is 1. The molecule has 3 nitrogen and oxygen atoms in total. The minimum atomic E-state index is -0.491. The average Bonchev–Trinajstić information content (AvgIpc) is 4.07. The Hall–Kier alpha value is -8.53. The largest absolute Gasteiger partial charge is 0.208 e. The van der Waals surface area contributed by atoms with Crippen LogP contribution in [-0.4, -0.2) is 15.0 Å². The first kappa shape index (κ1) is 37.8. The van der Waals surface area contributed by atoms with E-state index in [2.05, 4.69) is 237 Å². The Morgan fingerprint density at radius 2 is 0.522 bits per heavy atom. The zero-order chi connectivity index (χ0) is 44.3. The van der Waals surface area contributed by atoms with Crippen molar-refractivity contribution in [3.63, 3.8) is 0 Å². The highest BCUT2D eigenvalue weighted by molar-refractivity contribution is 5.97. The number of benzene rings is 8. The lowest BCUT2D eigenvalue weighted by Crippen LogP contribution is -2.26. The lowest BCUT2D eigenvalue weighted by Gasteiger charge is -2.30. The molecule has 0 radical (unpaired) electrons. The monoisotopic (exact) mass is 851 g/mol. The van der Waals surface area contributed by atoms with Crippen LogP contribution in [0, 0.1) is 6.92 Å². The van der Waals surface area contributed by atoms with Gasteiger partial charge in [-0.25, -0.2) is 15.0 Å². The Kier molecular flexibility index (Phi) is 8.03. The van der Waals surface area contributed by atoms with E-state index in [0.717, 1.165) is 22.3 Å². The average molecular weight is 852 g/mol. The van der Waals surface area contributed by atoms with Gasteiger partial charge in [-0.15, -0.1) is 0 Å². The normalized spacial score (nSPS) is 14.0. The Morgan fingerprint density at radius 3 is 0.910 bits per heavy atom. The van der Waals surface area contributed by atoms with Gasteiger partial charge in [0.2, 0.25) is 0 Å². The molecule has 0 fully saturated rings. The van der Waals surface area contributed by atoms with Gasteiger partial charge in [-0.05, 0) is 108 Å². The molecule has 0 N–H and O–H groups in total. The maximum absolute atomic E-state index is 5.50. The van der Waals surface area contributed by atoms with Crippen LogP contribution in [0.2, 0.25) is 0 Å². The number of hydrogen-bond donors (Lipinski definition) is 0. The fourth-order valence-corrected chi connectivity index (χ4v) is 12.2. The molecule has 4 aliphatic carbocycles. The van der Waals surface area contributed by atoms with E-state index >= 15 is 0 Å². The van der Waals surface area contributed by atoms with Gasteiger partial charge in [0.1, 0.15) is 0 Å². The summed E-state index contributed by atoms with van der Waals surface area (Å²) >= 11 is 0. The minimum absolute atomic E-state index is 0.491. The van der Waals surface area contributed by atoms with Crippen molar-refractivity contribution >= 4 is 0 Å². The molecule has 1 heterocycles. The van der Waals surface area contributed by atoms with Crippen LogP contribution in [0.15, 0.2) is 231 Å². The van der Waals surface area contributed by atoms with E-state index in [0.29, 0.717) is 17.5 Å². The molecule has 0 bridgehead atoms. The van der Waals surface area contributed by atoms with Gasteiger partial charge in [-0.1, -0.05) is 224 Å². The van der Waals surface area contributed by atoms with E-state index in [4.69, 9.17) is 15.0 Å². The van der Waals surface area contributed by atoms with Gasteiger partial charge in [-0.3, -0.25) is 0 Å². The molecule has 9 aromatic carbocycles. The fourth-order valence-electron chi connectivity index (χ4n) is 12.2. The van der Waals surface area contributed by atoms with Crippen molar-refractivity contribution in [3.05, 3.63) is 281 Å². The summed E-state index contributed by atoms with van der Waals surface area (Å²) in [6.45, 7) is 2.11. The van der Waals surface area contributed by atoms with Crippen molar-refractivity contribution in [1.29, 1.82) is 0 Å². The molecule has 1 aromatic heterocycles. The van der Waals surface area contributed by atoms with Gasteiger partial charge < -0.3 is 0 Å². The van der Waals surface area contributed by atoms with Gasteiger partial charge in [0.05, 0.1) is 10.8 Å². The fraction of sp³-hybridized carbons (Fsp3) is 0.0469. The molecule has 0 amide bonds. The zero-order valence-electron chi connectivity index (χ0n) is 36.8. The summed E-state index contributed by atoms with van der Waals surface area (Å²) in [5, 5.41) is 0. The first-order valence-corrected chi connectivity index (χ1v) is 23.2. The summed E-state index contributed by atoms with van der Waals surface area (Å²) in [7, 11) is 0. The molecule has 0 atom stereocenters. The first-order valence-electron chi connectivity index (χ1n) is 23.2. The molecule has 4 aliphatic rings. The summed E-state index contributed by atoms with van der Waals surface area (Å²) < 4.78 is 0. The van der Waals surface area contributed by atoms with Crippen LogP contribution in [-0.2, 0) is 10.8 Å². The summed E-state index contributed by atoms with van der Waals surface area (Å²) in [4.78, 5) is 16.3. The van der Waals surface area contributed by atoms with Crippen molar-refractivity contribution in [2.45, 2.75) is 17.8 Å². The quantitative estimate of drug-likeness (QED) is 0.178. The van der Waals surface area contributed by atoms with Gasteiger partial charge in [0, 0.05) is 16.7 Å². The Labute approximate surface area is 390 Å². The van der Waals surface area contributed by atoms with E-state index < -0.39 is 10.8 Å². The molecule has 0 unspecified atom stereocenters. The van der Waals surface area contributed by atoms with Crippen LogP contribution in [0.25, 0.3) is 78.7 Å². The third kappa shape index (κ3) is 5.14. The SMILES string of the molecule is Cc1cccccc(-c2nc(-c3ccc4c(c3)C3(c5ccccc5-c5ccccc53)c3ccccc3-4)nc(-c3ccc4c(c3)C3(c5ccccc5-c5ccccc53)c3ccccc3-4)n2)ccc1. The molecule has 2 spiro atoms. The number of hydrogen-bond acceptors (Lipinski definition) is 3. The molecule has 0 saturated heterocycles. The Balaban J connectivity index is 1.02. The van der Waals surface area contributed by atoms with Crippen molar-refractivity contribution in [1.82, 2.24) is 15.0 Å². The van der Waals surface area contributed by atoms with E-state index in [9.17, 15) is 0 Å². The van der Waals surface area contributed by atoms with E-state index in [-0.39, 0.29) is 0 Å². The number of nitrogens with zero attached hydrogens (tertiary/aromatic N) is 3. The van der Waals surface area contributed by atoms with Gasteiger partial charge in [0.15, 0.2) is 17.5 Å². The van der Waals surface area contributed by atoms with Crippen LogP contribution in [0.3, 0.4) is 0 Å². The van der Waals surface area contributed by atoms with Crippen LogP contribution < -0.4 is 0 Å². The molecule has 312 valence electrons. The molecular weight excluding hydrogens is 811 g/mol. The van der Waals surface area contributed by atoms with Gasteiger partial charge >= 0.3 is 0 Å².